The number of Topliss-reactive ketones (excluding diaryl/α,β-unsaturated/α-hetero) is 1. The number of aliphatic hydroxyl groups is 2. The predicted molar refractivity (Wildman–Crippen MR) is 273 cm³/mol. The highest BCUT2D eigenvalue weighted by Gasteiger charge is 2.78. The number of amides is 2. The molecule has 420 valence electrons. The van der Waals surface area contributed by atoms with E-state index >= 15 is 9.59 Å². The monoisotopic (exact) mass is 1080 g/mol. The fourth-order valence-corrected chi connectivity index (χ4v) is 11.5. The number of aliphatic hydroxyl groups excluding tert-OH is 1. The van der Waals surface area contributed by atoms with Gasteiger partial charge in [-0.3, -0.25) is 28.8 Å². The molecule has 0 aromatic heterocycles. The average Bonchev–Trinajstić information content (AvgIpc) is 1.68. The lowest BCUT2D eigenvalue weighted by Crippen LogP contribution is -2.82. The lowest BCUT2D eigenvalue weighted by atomic mass is 9.44. The molecule has 21 heteroatoms. The van der Waals surface area contributed by atoms with Gasteiger partial charge in [-0.05, 0) is 54.8 Å². The van der Waals surface area contributed by atoms with Crippen LogP contribution in [-0.2, 0) is 66.7 Å². The molecular weight excluding hydrogens is 1010 g/mol. The standard InChI is InChI=1S/C57H69N3O18/c1-33-39(75-53(69)47(76-43(65)23-22-42(64)59-25-27-72-29-28-71-26-24-58)45(36-16-10-7-11-17-36)60-51(67)37-18-12-8-13-19-37)31-57(70)50(77-52(68)38-20-14-9-15-21-38)48-55(6,40(63)30-41-56(48,32-73-41)78-35(3)62)49(66)46(74-34(2)61)44(33)54(57,4)5/h7-21,39-41,45-48,50,63,70H,22-32,58H2,1-6H3,(H,59,64)(H,60,67)/p+1/t39-,40-,41+,45-,46+,47+,48-,50-,55+,56-,57+/m0/s1. The number of ketones is 1. The number of hydrogen-bond acceptors (Lipinski definition) is 18. The molecule has 0 spiro atoms. The van der Waals surface area contributed by atoms with Crippen LogP contribution in [-0.4, -0.2) is 152 Å². The van der Waals surface area contributed by atoms with Crippen LogP contribution in [0.3, 0.4) is 0 Å². The molecule has 3 aromatic carbocycles. The van der Waals surface area contributed by atoms with Gasteiger partial charge in [-0.25, -0.2) is 9.59 Å². The van der Waals surface area contributed by atoms with Crippen molar-refractivity contribution in [3.8, 4) is 0 Å². The number of benzene rings is 3. The van der Waals surface area contributed by atoms with Crippen molar-refractivity contribution in [1.82, 2.24) is 10.6 Å². The summed E-state index contributed by atoms with van der Waals surface area (Å²) in [6.07, 6.45) is -12.0. The molecule has 1 heterocycles. The van der Waals surface area contributed by atoms with Gasteiger partial charge in [-0.15, -0.1) is 0 Å². The Kier molecular flexibility index (Phi) is 18.7. The zero-order valence-corrected chi connectivity index (χ0v) is 44.7. The van der Waals surface area contributed by atoms with Crippen molar-refractivity contribution in [2.45, 2.75) is 121 Å². The molecule has 0 unspecified atom stereocenters. The number of esters is 5. The van der Waals surface area contributed by atoms with Crippen LogP contribution in [0.1, 0.15) is 99.5 Å². The first-order chi connectivity index (χ1) is 37.1. The number of ether oxygens (including phenoxy) is 8. The first kappa shape index (κ1) is 58.8. The SMILES string of the molecule is CC(=O)O[C@H]1C(=O)[C@@]2(C)[C@H]([C@H](OC(=O)c3ccccc3)[C@]3(O)C[C@H](OC(=O)[C@H](OC(=O)CCC(=O)NCCOCCOCC[NH3+])[C@@H](NC(=O)c4ccccc4)c4ccccc4)C(C)=C1C3(C)C)[C@]1(OC(C)=O)CO[C@@H]1C[C@@H]2O. The smallest absolute Gasteiger partial charge is 0.350 e. The largest absolute Gasteiger partial charge is 0.455 e. The summed E-state index contributed by atoms with van der Waals surface area (Å²) in [6, 6.07) is 22.4. The van der Waals surface area contributed by atoms with Gasteiger partial charge in [0.1, 0.15) is 30.0 Å². The minimum Gasteiger partial charge on any atom is -0.455 e. The van der Waals surface area contributed by atoms with E-state index in [0.29, 0.717) is 26.4 Å². The molecule has 2 saturated carbocycles. The van der Waals surface area contributed by atoms with Crippen LogP contribution in [0.5, 0.6) is 0 Å². The summed E-state index contributed by atoms with van der Waals surface area (Å²) in [4.78, 5) is 113. The summed E-state index contributed by atoms with van der Waals surface area (Å²) in [7, 11) is 0. The van der Waals surface area contributed by atoms with E-state index in [-0.39, 0.29) is 60.4 Å². The van der Waals surface area contributed by atoms with Gasteiger partial charge in [0, 0.05) is 50.6 Å². The first-order valence-corrected chi connectivity index (χ1v) is 26.0. The van der Waals surface area contributed by atoms with E-state index in [1.54, 1.807) is 66.7 Å². The van der Waals surface area contributed by atoms with Gasteiger partial charge in [0.25, 0.3) is 5.91 Å². The van der Waals surface area contributed by atoms with Crippen molar-refractivity contribution in [2.24, 2.45) is 16.7 Å². The number of fused-ring (bicyclic) bond motifs is 5. The lowest BCUT2D eigenvalue weighted by Gasteiger charge is -2.67. The van der Waals surface area contributed by atoms with Gasteiger partial charge in [-0.1, -0.05) is 80.6 Å². The minimum atomic E-state index is -2.50. The maximum absolute atomic E-state index is 15.8. The molecule has 4 aliphatic rings. The van der Waals surface area contributed by atoms with Gasteiger partial charge >= 0.3 is 29.8 Å². The van der Waals surface area contributed by atoms with Crippen molar-refractivity contribution in [3.05, 3.63) is 119 Å². The van der Waals surface area contributed by atoms with Crippen molar-refractivity contribution < 1.29 is 92.2 Å². The number of carbonyl (C=O) groups excluding carboxylic acids is 8. The topological polar surface area (TPSA) is 303 Å². The van der Waals surface area contributed by atoms with Gasteiger partial charge in [0.2, 0.25) is 12.0 Å². The zero-order chi connectivity index (χ0) is 56.6. The fraction of sp³-hybridized carbons (Fsp3) is 0.509. The van der Waals surface area contributed by atoms with E-state index in [2.05, 4.69) is 16.4 Å². The maximum atomic E-state index is 15.8. The van der Waals surface area contributed by atoms with Crippen LogP contribution in [0.2, 0.25) is 0 Å². The van der Waals surface area contributed by atoms with Crippen molar-refractivity contribution in [2.75, 3.05) is 46.1 Å². The highest BCUT2D eigenvalue weighted by Crippen LogP contribution is 2.64. The Morgan fingerprint density at radius 1 is 0.795 bits per heavy atom. The molecule has 1 aliphatic heterocycles. The molecule has 0 radical (unpaired) electrons. The Morgan fingerprint density at radius 2 is 1.41 bits per heavy atom. The van der Waals surface area contributed by atoms with E-state index in [1.807, 2.05) is 0 Å². The fourth-order valence-electron chi connectivity index (χ4n) is 11.5. The zero-order valence-electron chi connectivity index (χ0n) is 44.7. The van der Waals surface area contributed by atoms with Crippen LogP contribution in [0.4, 0.5) is 0 Å². The van der Waals surface area contributed by atoms with Crippen LogP contribution >= 0.6 is 0 Å². The highest BCUT2D eigenvalue weighted by molar-refractivity contribution is 5.96. The predicted octanol–water partition coefficient (Wildman–Crippen LogP) is 2.46. The third-order valence-electron chi connectivity index (χ3n) is 15.5. The van der Waals surface area contributed by atoms with Crippen molar-refractivity contribution in [1.29, 1.82) is 0 Å². The van der Waals surface area contributed by atoms with Crippen molar-refractivity contribution >= 4 is 47.4 Å². The summed E-state index contributed by atoms with van der Waals surface area (Å²) in [5.74, 6) is -8.80. The third-order valence-corrected chi connectivity index (χ3v) is 15.5. The van der Waals surface area contributed by atoms with Crippen LogP contribution in [0.25, 0.3) is 0 Å². The molecule has 3 aromatic rings. The molecule has 3 aliphatic carbocycles. The summed E-state index contributed by atoms with van der Waals surface area (Å²) < 4.78 is 47.6. The maximum Gasteiger partial charge on any atom is 0.350 e. The van der Waals surface area contributed by atoms with E-state index in [1.165, 1.54) is 52.0 Å². The Morgan fingerprint density at radius 3 is 2.00 bits per heavy atom. The molecule has 1 saturated heterocycles. The Bertz CT molecular complexity index is 2720. The molecular formula is C57H70N3O18+. The summed E-state index contributed by atoms with van der Waals surface area (Å²) in [5.41, 5.74) is -4.01. The highest BCUT2D eigenvalue weighted by atomic mass is 16.6. The second-order valence-corrected chi connectivity index (χ2v) is 20.7. The molecule has 2 bridgehead atoms. The normalized spacial score (nSPS) is 27.6. The molecule has 21 nitrogen and oxygen atoms in total. The quantitative estimate of drug-likeness (QED) is 0.0418. The molecule has 3 fully saturated rings. The van der Waals surface area contributed by atoms with Gasteiger partial charge < -0.3 is 64.5 Å². The number of nitrogens with one attached hydrogen (secondary N) is 2. The van der Waals surface area contributed by atoms with Gasteiger partial charge in [0.15, 0.2) is 17.5 Å². The summed E-state index contributed by atoms with van der Waals surface area (Å²) in [6.45, 7) is 9.80. The van der Waals surface area contributed by atoms with Crippen LogP contribution in [0, 0.1) is 16.7 Å². The Hall–Kier alpha value is -6.88. The van der Waals surface area contributed by atoms with Gasteiger partial charge in [-0.2, -0.15) is 0 Å². The van der Waals surface area contributed by atoms with E-state index in [0.717, 1.165) is 13.8 Å². The van der Waals surface area contributed by atoms with Gasteiger partial charge in [0.05, 0.1) is 69.0 Å². The van der Waals surface area contributed by atoms with Crippen LogP contribution < -0.4 is 16.4 Å². The average molecular weight is 1090 g/mol. The number of hydrogen-bond donors (Lipinski definition) is 5. The lowest BCUT2D eigenvalue weighted by molar-refractivity contribution is -0.374. The minimum absolute atomic E-state index is 0.0273. The van der Waals surface area contributed by atoms with E-state index in [4.69, 9.17) is 37.9 Å². The first-order valence-electron chi connectivity index (χ1n) is 26.0. The van der Waals surface area contributed by atoms with E-state index in [9.17, 15) is 39.0 Å². The molecule has 7 rings (SSSR count). The van der Waals surface area contributed by atoms with Crippen molar-refractivity contribution in [3.63, 3.8) is 0 Å². The molecule has 11 atom stereocenters. The Balaban J connectivity index is 1.32. The number of rotatable bonds is 22. The third kappa shape index (κ3) is 12.1. The number of quaternary nitrogens is 1. The second-order valence-electron chi connectivity index (χ2n) is 20.7. The van der Waals surface area contributed by atoms with E-state index < -0.39 is 131 Å². The molecule has 78 heavy (non-hydrogen) atoms. The summed E-state index contributed by atoms with van der Waals surface area (Å²) in [5, 5.41) is 31.7. The molecule has 2 amide bonds. The van der Waals surface area contributed by atoms with Crippen LogP contribution in [0.15, 0.2) is 102 Å². The molecule has 7 N–H and O–H groups in total. The second kappa shape index (κ2) is 24.8. The summed E-state index contributed by atoms with van der Waals surface area (Å²) >= 11 is 0. The Labute approximate surface area is 451 Å². The number of carbonyl (C=O) groups is 8.